The molecule has 0 unspecified atom stereocenters. The average Bonchev–Trinajstić information content (AvgIpc) is 2.06. The van der Waals surface area contributed by atoms with Gasteiger partial charge in [-0.2, -0.15) is 0 Å². The summed E-state index contributed by atoms with van der Waals surface area (Å²) in [5.41, 5.74) is 2.60. The van der Waals surface area contributed by atoms with Crippen LogP contribution in [0.25, 0.3) is 0 Å². The molecule has 2 aliphatic rings. The lowest BCUT2D eigenvalue weighted by Crippen LogP contribution is -2.18. The monoisotopic (exact) mass is 131 g/mol. The highest BCUT2D eigenvalue weighted by atomic mass is 15.1. The van der Waals surface area contributed by atoms with Crippen LogP contribution in [-0.2, 0) is 6.54 Å². The average molecular weight is 131 g/mol. The second-order valence-electron chi connectivity index (χ2n) is 2.48. The summed E-state index contributed by atoms with van der Waals surface area (Å²) >= 11 is 0. The lowest BCUT2D eigenvalue weighted by Gasteiger charge is -2.25. The molecule has 1 heteroatoms. The third kappa shape index (κ3) is 0.637. The van der Waals surface area contributed by atoms with Crippen molar-refractivity contribution in [3.8, 4) is 0 Å². The van der Waals surface area contributed by atoms with Gasteiger partial charge in [-0.15, -0.1) is 0 Å². The third-order valence-corrected chi connectivity index (χ3v) is 1.84. The van der Waals surface area contributed by atoms with Crippen LogP contribution in [0.3, 0.4) is 0 Å². The van der Waals surface area contributed by atoms with Crippen LogP contribution in [0, 0.1) is 0 Å². The van der Waals surface area contributed by atoms with E-state index in [1.807, 2.05) is 6.20 Å². The van der Waals surface area contributed by atoms with Gasteiger partial charge in [0.1, 0.15) is 0 Å². The van der Waals surface area contributed by atoms with Gasteiger partial charge < -0.3 is 4.90 Å². The predicted molar refractivity (Wildman–Crippen MR) is 42.8 cm³/mol. The molecule has 0 radical (unpaired) electrons. The Bertz CT molecular complexity index is 248. The number of fused-ring (bicyclic) bond motifs is 3. The maximum absolute atomic E-state index is 3.73. The highest BCUT2D eigenvalue weighted by Gasteiger charge is 2.08. The first-order valence-corrected chi connectivity index (χ1v) is 3.38. The molecule has 0 aromatic heterocycles. The zero-order valence-corrected chi connectivity index (χ0v) is 5.75. The molecule has 0 atom stereocenters. The Balaban J connectivity index is 2.50. The van der Waals surface area contributed by atoms with Crippen LogP contribution in [0.1, 0.15) is 5.56 Å². The summed E-state index contributed by atoms with van der Waals surface area (Å²) in [5.74, 6) is 0. The van der Waals surface area contributed by atoms with Crippen LogP contribution >= 0.6 is 0 Å². The van der Waals surface area contributed by atoms with Crippen molar-refractivity contribution in [3.05, 3.63) is 42.6 Å². The summed E-state index contributed by atoms with van der Waals surface area (Å²) in [6.07, 6.45) is 1.86. The van der Waals surface area contributed by atoms with Crippen molar-refractivity contribution in [1.29, 1.82) is 0 Å². The van der Waals surface area contributed by atoms with E-state index in [2.05, 4.69) is 35.7 Å². The fourth-order valence-corrected chi connectivity index (χ4v) is 1.25. The maximum atomic E-state index is 3.73. The van der Waals surface area contributed by atoms with Crippen molar-refractivity contribution >= 4 is 5.69 Å². The van der Waals surface area contributed by atoms with Crippen LogP contribution < -0.4 is 4.90 Å². The second-order valence-corrected chi connectivity index (χ2v) is 2.48. The first kappa shape index (κ1) is 5.54. The predicted octanol–water partition coefficient (Wildman–Crippen LogP) is 2.15. The van der Waals surface area contributed by atoms with Crippen LogP contribution in [0.5, 0.6) is 0 Å². The molecule has 2 bridgehead atoms. The number of nitrogens with zero attached hydrogens (tertiary/aromatic N) is 1. The number of hydrogen-bond donors (Lipinski definition) is 0. The summed E-state index contributed by atoms with van der Waals surface area (Å²) in [4.78, 5) is 2.13. The molecule has 0 aliphatic carbocycles. The number of hydrogen-bond acceptors (Lipinski definition) is 1. The van der Waals surface area contributed by atoms with E-state index in [0.717, 1.165) is 6.54 Å². The molecule has 0 saturated heterocycles. The van der Waals surface area contributed by atoms with Gasteiger partial charge in [0.15, 0.2) is 0 Å². The Morgan fingerprint density at radius 3 is 2.30 bits per heavy atom. The Morgan fingerprint density at radius 1 is 1.30 bits per heavy atom. The Kier molecular flexibility index (Phi) is 1.04. The molecule has 0 spiro atoms. The molecule has 50 valence electrons. The molecule has 3 rings (SSSR count). The van der Waals surface area contributed by atoms with Crippen molar-refractivity contribution < 1.29 is 0 Å². The first-order valence-electron chi connectivity index (χ1n) is 3.38. The van der Waals surface area contributed by atoms with Gasteiger partial charge in [0, 0.05) is 12.2 Å². The van der Waals surface area contributed by atoms with Crippen LogP contribution in [-0.4, -0.2) is 0 Å². The topological polar surface area (TPSA) is 3.24 Å². The molecule has 2 heterocycles. The summed E-state index contributed by atoms with van der Waals surface area (Å²) in [7, 11) is 0. The molecule has 0 saturated carbocycles. The second kappa shape index (κ2) is 1.87. The molecular weight excluding hydrogens is 122 g/mol. The molecule has 0 fully saturated rings. The lowest BCUT2D eigenvalue weighted by atomic mass is 10.1. The normalized spacial score (nSPS) is 13.8. The van der Waals surface area contributed by atoms with Gasteiger partial charge in [-0.25, -0.2) is 0 Å². The van der Waals surface area contributed by atoms with E-state index in [1.54, 1.807) is 0 Å². The minimum Gasteiger partial charge on any atom is -0.344 e. The maximum Gasteiger partial charge on any atom is 0.0475 e. The lowest BCUT2D eigenvalue weighted by molar-refractivity contribution is 0.940. The number of benzene rings is 1. The Morgan fingerprint density at radius 2 is 2.00 bits per heavy atom. The van der Waals surface area contributed by atoms with Gasteiger partial charge in [0.05, 0.1) is 0 Å². The summed E-state index contributed by atoms with van der Waals surface area (Å²) in [5, 5.41) is 0. The van der Waals surface area contributed by atoms with Crippen molar-refractivity contribution in [2.24, 2.45) is 0 Å². The molecule has 1 aromatic carbocycles. The van der Waals surface area contributed by atoms with Gasteiger partial charge >= 0.3 is 0 Å². The van der Waals surface area contributed by atoms with Crippen molar-refractivity contribution in [1.82, 2.24) is 0 Å². The molecular formula is C9H9N. The SMILES string of the molecule is C=CN1Cc2ccc1cc2. The van der Waals surface area contributed by atoms with Gasteiger partial charge in [0.25, 0.3) is 0 Å². The number of rotatable bonds is 1. The summed E-state index contributed by atoms with van der Waals surface area (Å²) in [6.45, 7) is 4.72. The smallest absolute Gasteiger partial charge is 0.0475 e. The minimum absolute atomic E-state index is 0.992. The third-order valence-electron chi connectivity index (χ3n) is 1.84. The zero-order valence-electron chi connectivity index (χ0n) is 5.75. The number of anilines is 1. The largest absolute Gasteiger partial charge is 0.344 e. The highest BCUT2D eigenvalue weighted by Crippen LogP contribution is 2.23. The van der Waals surface area contributed by atoms with Gasteiger partial charge in [0.2, 0.25) is 0 Å². The van der Waals surface area contributed by atoms with E-state index >= 15 is 0 Å². The highest BCUT2D eigenvalue weighted by molar-refractivity contribution is 5.54. The zero-order chi connectivity index (χ0) is 6.97. The van der Waals surface area contributed by atoms with Gasteiger partial charge in [-0.3, -0.25) is 0 Å². The van der Waals surface area contributed by atoms with Crippen LogP contribution in [0.4, 0.5) is 5.69 Å². The first-order chi connectivity index (χ1) is 4.90. The van der Waals surface area contributed by atoms with Gasteiger partial charge in [-0.1, -0.05) is 18.7 Å². The molecule has 0 amide bonds. The Labute approximate surface area is 60.6 Å². The van der Waals surface area contributed by atoms with E-state index in [0.29, 0.717) is 0 Å². The molecule has 2 aliphatic heterocycles. The molecule has 10 heavy (non-hydrogen) atoms. The van der Waals surface area contributed by atoms with Crippen molar-refractivity contribution in [2.45, 2.75) is 6.54 Å². The van der Waals surface area contributed by atoms with E-state index in [1.165, 1.54) is 11.3 Å². The quantitative estimate of drug-likeness (QED) is 0.564. The van der Waals surface area contributed by atoms with Crippen molar-refractivity contribution in [3.63, 3.8) is 0 Å². The molecule has 0 N–H and O–H groups in total. The van der Waals surface area contributed by atoms with Gasteiger partial charge in [-0.05, 0) is 23.9 Å². The summed E-state index contributed by atoms with van der Waals surface area (Å²) < 4.78 is 0. The van der Waals surface area contributed by atoms with E-state index in [4.69, 9.17) is 0 Å². The fourth-order valence-electron chi connectivity index (χ4n) is 1.25. The van der Waals surface area contributed by atoms with E-state index < -0.39 is 0 Å². The summed E-state index contributed by atoms with van der Waals surface area (Å²) in [6, 6.07) is 8.52. The fraction of sp³-hybridized carbons (Fsp3) is 0.111. The van der Waals surface area contributed by atoms with E-state index in [-0.39, 0.29) is 0 Å². The van der Waals surface area contributed by atoms with Crippen molar-refractivity contribution in [2.75, 3.05) is 4.90 Å². The minimum atomic E-state index is 0.992. The van der Waals surface area contributed by atoms with Crippen LogP contribution in [0.15, 0.2) is 37.0 Å². The van der Waals surface area contributed by atoms with E-state index in [9.17, 15) is 0 Å². The molecule has 1 aromatic rings. The molecule has 1 nitrogen and oxygen atoms in total. The van der Waals surface area contributed by atoms with Crippen LogP contribution in [0.2, 0.25) is 0 Å². The Hall–Kier alpha value is -1.24. The standard InChI is InChI=1S/C9H9N/c1-2-10-7-8-3-5-9(10)6-4-8/h2-6H,1,7H2.